The average Bonchev–Trinajstić information content (AvgIpc) is 2.91. The molecule has 1 unspecified atom stereocenters. The lowest BCUT2D eigenvalue weighted by Crippen LogP contribution is -2.14. The number of fused-ring (bicyclic) bond motifs is 3. The van der Waals surface area contributed by atoms with Crippen molar-refractivity contribution in [3.63, 3.8) is 0 Å². The number of pyridine rings is 1. The highest BCUT2D eigenvalue weighted by atomic mass is 16.7. The van der Waals surface area contributed by atoms with E-state index in [4.69, 9.17) is 14.2 Å². The van der Waals surface area contributed by atoms with E-state index in [0.717, 1.165) is 35.7 Å². The van der Waals surface area contributed by atoms with Gasteiger partial charge in [0, 0.05) is 29.7 Å². The zero-order chi connectivity index (χ0) is 16.4. The lowest BCUT2D eigenvalue weighted by atomic mass is 9.85. The summed E-state index contributed by atoms with van der Waals surface area (Å²) in [6.07, 6.45) is 4.27. The summed E-state index contributed by atoms with van der Waals surface area (Å²) < 4.78 is 15.5. The summed E-state index contributed by atoms with van der Waals surface area (Å²) >= 11 is 0. The quantitative estimate of drug-likeness (QED) is 0.874. The first-order valence-electron chi connectivity index (χ1n) is 7.99. The van der Waals surface area contributed by atoms with E-state index in [0.29, 0.717) is 18.4 Å². The molecule has 124 valence electrons. The Morgan fingerprint density at radius 1 is 1.48 bits per heavy atom. The fourth-order valence-corrected chi connectivity index (χ4v) is 3.43. The van der Waals surface area contributed by atoms with Gasteiger partial charge in [0.1, 0.15) is 0 Å². The molecule has 0 fully saturated rings. The Bertz CT molecular complexity index is 723. The monoisotopic (exact) mass is 318 g/mol. The summed E-state index contributed by atoms with van der Waals surface area (Å²) in [4.78, 5) is 19.3. The van der Waals surface area contributed by atoms with Crippen molar-refractivity contribution >= 4 is 17.1 Å². The summed E-state index contributed by atoms with van der Waals surface area (Å²) in [5.41, 5.74) is 4.36. The number of ether oxygens (including phenoxy) is 3. The molecule has 6 heteroatoms. The van der Waals surface area contributed by atoms with Crippen molar-refractivity contribution in [2.75, 3.05) is 20.3 Å². The summed E-state index contributed by atoms with van der Waals surface area (Å²) in [5.74, 6) is 0.661. The van der Waals surface area contributed by atoms with Gasteiger partial charge in [-0.25, -0.2) is 9.78 Å². The second kappa shape index (κ2) is 6.58. The number of rotatable bonds is 4. The highest BCUT2D eigenvalue weighted by molar-refractivity contribution is 5.89. The molecule has 0 aliphatic heterocycles. The normalized spacial score (nSPS) is 17.1. The van der Waals surface area contributed by atoms with Crippen molar-refractivity contribution in [1.82, 2.24) is 9.97 Å². The maximum atomic E-state index is 11.6. The van der Waals surface area contributed by atoms with Crippen LogP contribution in [0.2, 0.25) is 0 Å². The Hall–Kier alpha value is -2.08. The second-order valence-electron chi connectivity index (χ2n) is 5.82. The van der Waals surface area contributed by atoms with Gasteiger partial charge in [-0.2, -0.15) is 0 Å². The Morgan fingerprint density at radius 2 is 2.30 bits per heavy atom. The van der Waals surface area contributed by atoms with Crippen molar-refractivity contribution in [2.45, 2.75) is 39.0 Å². The SMILES string of the molecule is CCOC(=O)Oc1ncc2[nH]c3c(c2c1C)C(COC)CCC3. The topological polar surface area (TPSA) is 73.4 Å². The molecule has 1 aliphatic rings. The number of aromatic nitrogens is 2. The zero-order valence-electron chi connectivity index (χ0n) is 13.8. The van der Waals surface area contributed by atoms with Gasteiger partial charge in [-0.3, -0.25) is 0 Å². The highest BCUT2D eigenvalue weighted by Gasteiger charge is 2.27. The molecule has 23 heavy (non-hydrogen) atoms. The third-order valence-corrected chi connectivity index (χ3v) is 4.35. The van der Waals surface area contributed by atoms with Gasteiger partial charge in [-0.15, -0.1) is 0 Å². The lowest BCUT2D eigenvalue weighted by molar-refractivity contribution is 0.102. The molecular weight excluding hydrogens is 296 g/mol. The smallest absolute Gasteiger partial charge is 0.434 e. The fraction of sp³-hybridized carbons (Fsp3) is 0.529. The number of methoxy groups -OCH3 is 1. The number of aryl methyl sites for hydroxylation is 2. The van der Waals surface area contributed by atoms with Crippen LogP contribution in [-0.4, -0.2) is 36.4 Å². The minimum atomic E-state index is -0.722. The molecule has 0 bridgehead atoms. The number of aromatic amines is 1. The molecular formula is C17H22N2O4. The Kier molecular flexibility index (Phi) is 4.52. The second-order valence-corrected chi connectivity index (χ2v) is 5.82. The van der Waals surface area contributed by atoms with E-state index in [-0.39, 0.29) is 6.61 Å². The molecule has 0 aromatic carbocycles. The molecule has 0 amide bonds. The van der Waals surface area contributed by atoms with Crippen LogP contribution < -0.4 is 4.74 Å². The van der Waals surface area contributed by atoms with Crippen LogP contribution in [0.3, 0.4) is 0 Å². The number of nitrogens with zero attached hydrogens (tertiary/aromatic N) is 1. The van der Waals surface area contributed by atoms with Gasteiger partial charge in [0.2, 0.25) is 5.88 Å². The first kappa shape index (κ1) is 15.8. The number of hydrogen-bond donors (Lipinski definition) is 1. The summed E-state index contributed by atoms with van der Waals surface area (Å²) in [7, 11) is 1.73. The first-order chi connectivity index (χ1) is 11.2. The van der Waals surface area contributed by atoms with Gasteiger partial charge in [0.05, 0.1) is 24.9 Å². The molecule has 3 rings (SSSR count). The molecule has 1 N–H and O–H groups in total. The molecule has 2 aromatic heterocycles. The molecule has 1 aliphatic carbocycles. The van der Waals surface area contributed by atoms with Crippen LogP contribution >= 0.6 is 0 Å². The molecule has 2 heterocycles. The van der Waals surface area contributed by atoms with E-state index in [2.05, 4.69) is 9.97 Å². The summed E-state index contributed by atoms with van der Waals surface area (Å²) in [6, 6.07) is 0. The van der Waals surface area contributed by atoms with E-state index < -0.39 is 6.16 Å². The van der Waals surface area contributed by atoms with Crippen LogP contribution in [0.15, 0.2) is 6.20 Å². The van der Waals surface area contributed by atoms with Gasteiger partial charge >= 0.3 is 6.16 Å². The van der Waals surface area contributed by atoms with Crippen LogP contribution in [0.5, 0.6) is 5.88 Å². The number of carbonyl (C=O) groups excluding carboxylic acids is 1. The molecule has 0 spiro atoms. The fourth-order valence-electron chi connectivity index (χ4n) is 3.43. The van der Waals surface area contributed by atoms with Crippen LogP contribution in [0.1, 0.15) is 42.5 Å². The molecule has 1 atom stereocenters. The molecule has 0 saturated heterocycles. The predicted octanol–water partition coefficient (Wildman–Crippen LogP) is 3.47. The van der Waals surface area contributed by atoms with E-state index in [1.54, 1.807) is 20.2 Å². The van der Waals surface area contributed by atoms with Crippen LogP contribution in [-0.2, 0) is 15.9 Å². The Morgan fingerprint density at radius 3 is 3.04 bits per heavy atom. The largest absolute Gasteiger partial charge is 0.515 e. The number of hydrogen-bond acceptors (Lipinski definition) is 5. The van der Waals surface area contributed by atoms with Crippen LogP contribution in [0.4, 0.5) is 4.79 Å². The third kappa shape index (κ3) is 2.91. The van der Waals surface area contributed by atoms with Gasteiger partial charge in [0.25, 0.3) is 0 Å². The van der Waals surface area contributed by atoms with Crippen LogP contribution in [0, 0.1) is 6.92 Å². The zero-order valence-corrected chi connectivity index (χ0v) is 13.8. The van der Waals surface area contributed by atoms with Gasteiger partial charge in [-0.05, 0) is 38.7 Å². The average molecular weight is 318 g/mol. The van der Waals surface area contributed by atoms with Crippen molar-refractivity contribution in [2.24, 2.45) is 0 Å². The summed E-state index contributed by atoms with van der Waals surface area (Å²) in [6.45, 7) is 4.63. The maximum absolute atomic E-state index is 11.6. The van der Waals surface area contributed by atoms with E-state index in [1.165, 1.54) is 11.3 Å². The van der Waals surface area contributed by atoms with Crippen LogP contribution in [0.25, 0.3) is 10.9 Å². The minimum absolute atomic E-state index is 0.273. The maximum Gasteiger partial charge on any atom is 0.515 e. The van der Waals surface area contributed by atoms with E-state index >= 15 is 0 Å². The first-order valence-corrected chi connectivity index (χ1v) is 7.99. The molecule has 2 aromatic rings. The lowest BCUT2D eigenvalue weighted by Gasteiger charge is -2.22. The van der Waals surface area contributed by atoms with Crippen molar-refractivity contribution in [3.05, 3.63) is 23.0 Å². The predicted molar refractivity (Wildman–Crippen MR) is 86.0 cm³/mol. The number of carbonyl (C=O) groups is 1. The van der Waals surface area contributed by atoms with Crippen molar-refractivity contribution < 1.29 is 19.0 Å². The standard InChI is InChI=1S/C17H22N2O4/c1-4-22-17(20)23-16-10(2)14-13(8-18-16)19-12-7-5-6-11(9-21-3)15(12)14/h8,11,19H,4-7,9H2,1-3H3. The van der Waals surface area contributed by atoms with Gasteiger partial charge in [0.15, 0.2) is 0 Å². The third-order valence-electron chi connectivity index (χ3n) is 4.35. The van der Waals surface area contributed by atoms with Crippen molar-refractivity contribution in [3.8, 4) is 5.88 Å². The number of nitrogens with one attached hydrogen (secondary N) is 1. The summed E-state index contributed by atoms with van der Waals surface area (Å²) in [5, 5.41) is 1.09. The van der Waals surface area contributed by atoms with Gasteiger partial charge in [-0.1, -0.05) is 0 Å². The molecule has 0 radical (unpaired) electrons. The van der Waals surface area contributed by atoms with Crippen molar-refractivity contribution in [1.29, 1.82) is 0 Å². The van der Waals surface area contributed by atoms with E-state index in [9.17, 15) is 4.79 Å². The number of H-pyrrole nitrogens is 1. The van der Waals surface area contributed by atoms with Gasteiger partial charge < -0.3 is 19.2 Å². The molecule has 6 nitrogen and oxygen atoms in total. The Labute approximate surface area is 135 Å². The minimum Gasteiger partial charge on any atom is -0.434 e. The molecule has 0 saturated carbocycles. The van der Waals surface area contributed by atoms with E-state index in [1.807, 2.05) is 6.92 Å². The Balaban J connectivity index is 2.05. The highest BCUT2D eigenvalue weighted by Crippen LogP contribution is 2.40.